The largest absolute Gasteiger partial charge is 0.397 e. The summed E-state index contributed by atoms with van der Waals surface area (Å²) in [6, 6.07) is 5.11. The maximum atomic E-state index is 12.1. The third-order valence-electron chi connectivity index (χ3n) is 3.60. The van der Waals surface area contributed by atoms with Gasteiger partial charge in [-0.3, -0.25) is 9.69 Å². The van der Waals surface area contributed by atoms with Crippen LogP contribution in [0, 0.1) is 0 Å². The molecule has 1 aliphatic rings. The number of nitrogens with two attached hydrogens (primary N) is 1. The van der Waals surface area contributed by atoms with Crippen LogP contribution in [0.1, 0.15) is 32.1 Å². The van der Waals surface area contributed by atoms with E-state index in [-0.39, 0.29) is 5.91 Å². The van der Waals surface area contributed by atoms with Gasteiger partial charge in [-0.25, -0.2) is 0 Å². The van der Waals surface area contributed by atoms with Crippen LogP contribution in [0.25, 0.3) is 0 Å². The van der Waals surface area contributed by atoms with Gasteiger partial charge in [0, 0.05) is 5.02 Å². The SMILES string of the molecule is Nc1cc(Cl)ccc1NC(=O)CN1CCCCCCC1. The number of carbonyl (C=O) groups is 1. The summed E-state index contributed by atoms with van der Waals surface area (Å²) in [5.41, 5.74) is 6.97. The standard InChI is InChI=1S/C15H22ClN3O/c16-12-6-7-14(13(17)10-12)18-15(20)11-19-8-4-2-1-3-5-9-19/h6-7,10H,1-5,8-9,11,17H2,(H,18,20). The summed E-state index contributed by atoms with van der Waals surface area (Å²) < 4.78 is 0. The maximum absolute atomic E-state index is 12.1. The van der Waals surface area contributed by atoms with Gasteiger partial charge in [0.1, 0.15) is 0 Å². The maximum Gasteiger partial charge on any atom is 0.238 e. The van der Waals surface area contributed by atoms with E-state index < -0.39 is 0 Å². The first-order valence-electron chi connectivity index (χ1n) is 7.22. The third-order valence-corrected chi connectivity index (χ3v) is 3.84. The minimum absolute atomic E-state index is 0.0143. The van der Waals surface area contributed by atoms with Gasteiger partial charge in [-0.1, -0.05) is 30.9 Å². The number of nitrogen functional groups attached to an aromatic ring is 1. The van der Waals surface area contributed by atoms with E-state index in [1.807, 2.05) is 0 Å². The molecular formula is C15H22ClN3O. The van der Waals surface area contributed by atoms with E-state index in [0.717, 1.165) is 13.1 Å². The molecule has 20 heavy (non-hydrogen) atoms. The highest BCUT2D eigenvalue weighted by atomic mass is 35.5. The lowest BCUT2D eigenvalue weighted by atomic mass is 10.1. The van der Waals surface area contributed by atoms with Gasteiger partial charge in [0.15, 0.2) is 0 Å². The minimum Gasteiger partial charge on any atom is -0.397 e. The zero-order valence-corrected chi connectivity index (χ0v) is 12.5. The summed E-state index contributed by atoms with van der Waals surface area (Å²) in [6.07, 6.45) is 6.21. The van der Waals surface area contributed by atoms with Crippen molar-refractivity contribution in [2.24, 2.45) is 0 Å². The number of nitrogens with zero attached hydrogens (tertiary/aromatic N) is 1. The van der Waals surface area contributed by atoms with E-state index in [9.17, 15) is 4.79 Å². The van der Waals surface area contributed by atoms with Crippen LogP contribution in [0.15, 0.2) is 18.2 Å². The minimum atomic E-state index is -0.0143. The summed E-state index contributed by atoms with van der Waals surface area (Å²) in [4.78, 5) is 14.3. The van der Waals surface area contributed by atoms with Crippen molar-refractivity contribution < 1.29 is 4.79 Å². The molecule has 3 N–H and O–H groups in total. The Morgan fingerprint density at radius 1 is 1.20 bits per heavy atom. The molecule has 1 aromatic rings. The molecule has 1 aliphatic heterocycles. The van der Waals surface area contributed by atoms with E-state index in [2.05, 4.69) is 10.2 Å². The molecule has 0 radical (unpaired) electrons. The molecule has 0 bridgehead atoms. The number of anilines is 2. The highest BCUT2D eigenvalue weighted by Crippen LogP contribution is 2.22. The van der Waals surface area contributed by atoms with E-state index in [4.69, 9.17) is 17.3 Å². The zero-order valence-electron chi connectivity index (χ0n) is 11.7. The van der Waals surface area contributed by atoms with Crippen molar-refractivity contribution >= 4 is 28.9 Å². The summed E-state index contributed by atoms with van der Waals surface area (Å²) >= 11 is 5.84. The van der Waals surface area contributed by atoms with E-state index >= 15 is 0 Å². The Morgan fingerprint density at radius 2 is 1.85 bits per heavy atom. The van der Waals surface area contributed by atoms with Gasteiger partial charge in [-0.05, 0) is 44.1 Å². The first kappa shape index (κ1) is 15.1. The first-order valence-corrected chi connectivity index (χ1v) is 7.60. The third kappa shape index (κ3) is 4.69. The Balaban J connectivity index is 1.87. The van der Waals surface area contributed by atoms with Crippen LogP contribution in [-0.4, -0.2) is 30.4 Å². The molecule has 0 aromatic heterocycles. The highest BCUT2D eigenvalue weighted by Gasteiger charge is 2.13. The Labute approximate surface area is 125 Å². The molecule has 1 aromatic carbocycles. The predicted molar refractivity (Wildman–Crippen MR) is 84.0 cm³/mol. The lowest BCUT2D eigenvalue weighted by Crippen LogP contribution is -2.35. The van der Waals surface area contributed by atoms with Gasteiger partial charge in [-0.15, -0.1) is 0 Å². The summed E-state index contributed by atoms with van der Waals surface area (Å²) in [6.45, 7) is 2.44. The van der Waals surface area contributed by atoms with Gasteiger partial charge < -0.3 is 11.1 Å². The molecule has 0 spiro atoms. The van der Waals surface area contributed by atoms with Crippen molar-refractivity contribution in [3.05, 3.63) is 23.2 Å². The number of hydrogen-bond acceptors (Lipinski definition) is 3. The number of likely N-dealkylation sites (tertiary alicyclic amines) is 1. The summed E-state index contributed by atoms with van der Waals surface area (Å²) in [5.74, 6) is -0.0143. The van der Waals surface area contributed by atoms with Crippen LogP contribution in [0.5, 0.6) is 0 Å². The second-order valence-electron chi connectivity index (χ2n) is 5.32. The average Bonchev–Trinajstić information content (AvgIpc) is 2.36. The van der Waals surface area contributed by atoms with Crippen LogP contribution < -0.4 is 11.1 Å². The molecule has 1 amide bonds. The van der Waals surface area contributed by atoms with Crippen LogP contribution >= 0.6 is 11.6 Å². The molecular weight excluding hydrogens is 274 g/mol. The van der Waals surface area contributed by atoms with Crippen LogP contribution in [0.2, 0.25) is 5.02 Å². The predicted octanol–water partition coefficient (Wildman–Crippen LogP) is 3.13. The van der Waals surface area contributed by atoms with Gasteiger partial charge >= 0.3 is 0 Å². The van der Waals surface area contributed by atoms with Crippen LogP contribution in [0.3, 0.4) is 0 Å². The van der Waals surface area contributed by atoms with Crippen molar-refractivity contribution in [2.75, 3.05) is 30.7 Å². The number of benzene rings is 1. The van der Waals surface area contributed by atoms with Crippen LogP contribution in [-0.2, 0) is 4.79 Å². The quantitative estimate of drug-likeness (QED) is 0.842. The lowest BCUT2D eigenvalue weighted by Gasteiger charge is -2.23. The molecule has 0 aliphatic carbocycles. The van der Waals surface area contributed by atoms with Crippen molar-refractivity contribution in [1.82, 2.24) is 4.90 Å². The molecule has 1 heterocycles. The molecule has 0 atom stereocenters. The lowest BCUT2D eigenvalue weighted by molar-refractivity contribution is -0.117. The molecule has 1 saturated heterocycles. The van der Waals surface area contributed by atoms with Crippen molar-refractivity contribution in [1.29, 1.82) is 0 Å². The van der Waals surface area contributed by atoms with Crippen molar-refractivity contribution in [2.45, 2.75) is 32.1 Å². The summed E-state index contributed by atoms with van der Waals surface area (Å²) in [5, 5.41) is 3.43. The van der Waals surface area contributed by atoms with Gasteiger partial charge in [-0.2, -0.15) is 0 Å². The molecule has 1 fully saturated rings. The zero-order chi connectivity index (χ0) is 14.4. The Hall–Kier alpha value is -1.26. The second kappa shape index (κ2) is 7.50. The first-order chi connectivity index (χ1) is 9.65. The number of halogens is 1. The molecule has 4 nitrogen and oxygen atoms in total. The van der Waals surface area contributed by atoms with E-state index in [1.54, 1.807) is 18.2 Å². The number of nitrogens with one attached hydrogen (secondary N) is 1. The van der Waals surface area contributed by atoms with Crippen molar-refractivity contribution in [3.63, 3.8) is 0 Å². The Bertz CT molecular complexity index is 456. The van der Waals surface area contributed by atoms with Gasteiger partial charge in [0.05, 0.1) is 17.9 Å². The molecule has 0 saturated carbocycles. The monoisotopic (exact) mass is 295 g/mol. The van der Waals surface area contributed by atoms with E-state index in [1.165, 1.54) is 32.1 Å². The normalized spacial score (nSPS) is 17.2. The molecule has 5 heteroatoms. The number of hydrogen-bond donors (Lipinski definition) is 2. The van der Waals surface area contributed by atoms with E-state index in [0.29, 0.717) is 22.9 Å². The Morgan fingerprint density at radius 3 is 2.50 bits per heavy atom. The molecule has 2 rings (SSSR count). The smallest absolute Gasteiger partial charge is 0.238 e. The highest BCUT2D eigenvalue weighted by molar-refractivity contribution is 6.31. The fourth-order valence-corrected chi connectivity index (χ4v) is 2.69. The van der Waals surface area contributed by atoms with Crippen LogP contribution in [0.4, 0.5) is 11.4 Å². The number of rotatable bonds is 3. The molecule has 110 valence electrons. The second-order valence-corrected chi connectivity index (χ2v) is 5.76. The van der Waals surface area contributed by atoms with Gasteiger partial charge in [0.25, 0.3) is 0 Å². The molecule has 0 unspecified atom stereocenters. The fraction of sp³-hybridized carbons (Fsp3) is 0.533. The fourth-order valence-electron chi connectivity index (χ4n) is 2.51. The average molecular weight is 296 g/mol. The number of amides is 1. The van der Waals surface area contributed by atoms with Crippen molar-refractivity contribution in [3.8, 4) is 0 Å². The number of carbonyl (C=O) groups excluding carboxylic acids is 1. The van der Waals surface area contributed by atoms with Gasteiger partial charge in [0.2, 0.25) is 5.91 Å². The topological polar surface area (TPSA) is 58.4 Å². The Kier molecular flexibility index (Phi) is 5.68. The summed E-state index contributed by atoms with van der Waals surface area (Å²) in [7, 11) is 0.